The number of ether oxygens (including phenoxy) is 2. The largest absolute Gasteiger partial charge is 0.493 e. The van der Waals surface area contributed by atoms with Gasteiger partial charge in [-0.3, -0.25) is 4.98 Å². The number of thiazole rings is 1. The number of rotatable bonds is 5. The van der Waals surface area contributed by atoms with E-state index in [0.717, 1.165) is 4.88 Å². The van der Waals surface area contributed by atoms with E-state index in [1.165, 1.54) is 30.6 Å². The van der Waals surface area contributed by atoms with Crippen molar-refractivity contribution in [1.82, 2.24) is 4.98 Å². The first kappa shape index (κ1) is 13.8. The van der Waals surface area contributed by atoms with Gasteiger partial charge < -0.3 is 14.6 Å². The highest BCUT2D eigenvalue weighted by atomic mass is 79.9. The second-order valence-corrected chi connectivity index (χ2v) is 5.38. The molecule has 19 heavy (non-hydrogen) atoms. The summed E-state index contributed by atoms with van der Waals surface area (Å²) in [5.41, 5.74) is 1.85. The van der Waals surface area contributed by atoms with Gasteiger partial charge in [-0.05, 0) is 28.1 Å². The summed E-state index contributed by atoms with van der Waals surface area (Å²) in [6.07, 6.45) is 1.72. The van der Waals surface area contributed by atoms with Gasteiger partial charge in [0.15, 0.2) is 11.5 Å². The molecule has 0 aliphatic rings. The van der Waals surface area contributed by atoms with E-state index in [9.17, 15) is 4.79 Å². The maximum absolute atomic E-state index is 11.0. The van der Waals surface area contributed by atoms with Crippen molar-refractivity contribution < 1.29 is 19.4 Å². The van der Waals surface area contributed by atoms with Crippen molar-refractivity contribution in [3.05, 3.63) is 38.8 Å². The van der Waals surface area contributed by atoms with Gasteiger partial charge >= 0.3 is 5.97 Å². The molecule has 0 fully saturated rings. The van der Waals surface area contributed by atoms with Crippen molar-refractivity contribution in [3.8, 4) is 11.5 Å². The van der Waals surface area contributed by atoms with Crippen LogP contribution in [-0.2, 0) is 6.61 Å². The highest BCUT2D eigenvalue weighted by molar-refractivity contribution is 9.10. The molecule has 0 atom stereocenters. The van der Waals surface area contributed by atoms with Gasteiger partial charge in [0, 0.05) is 6.20 Å². The van der Waals surface area contributed by atoms with E-state index < -0.39 is 5.97 Å². The van der Waals surface area contributed by atoms with Crippen molar-refractivity contribution >= 4 is 33.2 Å². The van der Waals surface area contributed by atoms with Gasteiger partial charge in [-0.2, -0.15) is 0 Å². The molecular formula is C12H10BrNO4S. The zero-order valence-corrected chi connectivity index (χ0v) is 12.3. The molecule has 7 heteroatoms. The Balaban J connectivity index is 2.26. The topological polar surface area (TPSA) is 68.7 Å². The van der Waals surface area contributed by atoms with E-state index >= 15 is 0 Å². The van der Waals surface area contributed by atoms with Gasteiger partial charge in [0.1, 0.15) is 6.61 Å². The molecule has 0 amide bonds. The monoisotopic (exact) mass is 343 g/mol. The Morgan fingerprint density at radius 2 is 2.32 bits per heavy atom. The summed E-state index contributed by atoms with van der Waals surface area (Å²) in [6.45, 7) is 0.353. The number of hydrogen-bond acceptors (Lipinski definition) is 5. The Kier molecular flexibility index (Phi) is 4.39. The second kappa shape index (κ2) is 6.03. The molecule has 1 aromatic carbocycles. The minimum Gasteiger partial charge on any atom is -0.493 e. The Morgan fingerprint density at radius 1 is 1.53 bits per heavy atom. The van der Waals surface area contributed by atoms with E-state index in [2.05, 4.69) is 20.9 Å². The highest BCUT2D eigenvalue weighted by Crippen LogP contribution is 2.37. The van der Waals surface area contributed by atoms with E-state index in [0.29, 0.717) is 22.6 Å². The molecule has 0 unspecified atom stereocenters. The zero-order chi connectivity index (χ0) is 13.8. The van der Waals surface area contributed by atoms with Crippen LogP contribution in [-0.4, -0.2) is 23.2 Å². The quantitative estimate of drug-likeness (QED) is 0.902. The molecule has 0 bridgehead atoms. The van der Waals surface area contributed by atoms with Crippen LogP contribution in [0.3, 0.4) is 0 Å². The summed E-state index contributed by atoms with van der Waals surface area (Å²) >= 11 is 4.77. The number of carboxylic acids is 1. The third-order valence-electron chi connectivity index (χ3n) is 2.32. The van der Waals surface area contributed by atoms with Crippen LogP contribution in [0.25, 0.3) is 0 Å². The van der Waals surface area contributed by atoms with Crippen LogP contribution in [0.2, 0.25) is 0 Å². The van der Waals surface area contributed by atoms with Crippen LogP contribution in [0.5, 0.6) is 11.5 Å². The fourth-order valence-corrected chi connectivity index (χ4v) is 2.50. The Labute approximate surface area is 121 Å². The smallest absolute Gasteiger partial charge is 0.335 e. The molecule has 2 aromatic rings. The minimum absolute atomic E-state index is 0.133. The molecule has 5 nitrogen and oxygen atoms in total. The first-order valence-corrected chi connectivity index (χ1v) is 6.90. The van der Waals surface area contributed by atoms with Crippen molar-refractivity contribution in [2.24, 2.45) is 0 Å². The third kappa shape index (κ3) is 3.24. The van der Waals surface area contributed by atoms with E-state index in [4.69, 9.17) is 14.6 Å². The fraction of sp³-hybridized carbons (Fsp3) is 0.167. The van der Waals surface area contributed by atoms with Gasteiger partial charge in [-0.25, -0.2) is 4.79 Å². The number of carboxylic acid groups (broad SMARTS) is 1. The number of halogens is 1. The predicted molar refractivity (Wildman–Crippen MR) is 74.1 cm³/mol. The number of methoxy groups -OCH3 is 1. The molecule has 0 radical (unpaired) electrons. The normalized spacial score (nSPS) is 10.2. The molecular weight excluding hydrogens is 334 g/mol. The lowest BCUT2D eigenvalue weighted by molar-refractivity contribution is 0.0696. The number of nitrogens with zero attached hydrogens (tertiary/aromatic N) is 1. The summed E-state index contributed by atoms with van der Waals surface area (Å²) in [5, 5.41) is 8.98. The van der Waals surface area contributed by atoms with Crippen molar-refractivity contribution in [3.63, 3.8) is 0 Å². The number of aromatic nitrogens is 1. The van der Waals surface area contributed by atoms with Gasteiger partial charge in [0.2, 0.25) is 0 Å². The van der Waals surface area contributed by atoms with Crippen LogP contribution >= 0.6 is 27.3 Å². The standard InChI is InChI=1S/C12H10BrNO4S/c1-17-10-3-7(12(15)16)2-9(13)11(10)18-5-8-4-14-6-19-8/h2-4,6H,5H2,1H3,(H,15,16). The second-order valence-electron chi connectivity index (χ2n) is 3.55. The Bertz CT molecular complexity index is 586. The van der Waals surface area contributed by atoms with Gasteiger partial charge in [-0.15, -0.1) is 11.3 Å². The maximum Gasteiger partial charge on any atom is 0.335 e. The van der Waals surface area contributed by atoms with Crippen LogP contribution in [0.1, 0.15) is 15.2 Å². The molecule has 1 heterocycles. The van der Waals surface area contributed by atoms with Crippen molar-refractivity contribution in [2.75, 3.05) is 7.11 Å². The molecule has 0 saturated carbocycles. The molecule has 0 saturated heterocycles. The molecule has 2 rings (SSSR count). The first-order chi connectivity index (χ1) is 9.11. The SMILES string of the molecule is COc1cc(C(=O)O)cc(Br)c1OCc1cncs1. The lowest BCUT2D eigenvalue weighted by Crippen LogP contribution is -2.01. The zero-order valence-electron chi connectivity index (χ0n) is 9.92. The molecule has 0 spiro atoms. The van der Waals surface area contributed by atoms with Crippen LogP contribution < -0.4 is 9.47 Å². The summed E-state index contributed by atoms with van der Waals surface area (Å²) in [4.78, 5) is 15.9. The van der Waals surface area contributed by atoms with Crippen LogP contribution in [0, 0.1) is 0 Å². The molecule has 0 aliphatic heterocycles. The first-order valence-electron chi connectivity index (χ1n) is 5.23. The van der Waals surface area contributed by atoms with Gasteiger partial charge in [-0.1, -0.05) is 0 Å². The third-order valence-corrected chi connectivity index (χ3v) is 3.66. The lowest BCUT2D eigenvalue weighted by atomic mass is 10.2. The Hall–Kier alpha value is -1.60. The van der Waals surface area contributed by atoms with Gasteiger partial charge in [0.05, 0.1) is 27.5 Å². The van der Waals surface area contributed by atoms with E-state index in [-0.39, 0.29) is 5.56 Å². The molecule has 0 aliphatic carbocycles. The Morgan fingerprint density at radius 3 is 2.89 bits per heavy atom. The number of carbonyl (C=O) groups is 1. The summed E-state index contributed by atoms with van der Waals surface area (Å²) in [7, 11) is 1.47. The van der Waals surface area contributed by atoms with Crippen LogP contribution in [0.4, 0.5) is 0 Å². The van der Waals surface area contributed by atoms with Crippen LogP contribution in [0.15, 0.2) is 28.3 Å². The number of aromatic carboxylic acids is 1. The minimum atomic E-state index is -1.02. The predicted octanol–water partition coefficient (Wildman–Crippen LogP) is 3.19. The molecule has 1 aromatic heterocycles. The highest BCUT2D eigenvalue weighted by Gasteiger charge is 2.15. The molecule has 1 N–H and O–H groups in total. The maximum atomic E-state index is 11.0. The van der Waals surface area contributed by atoms with E-state index in [1.807, 2.05) is 0 Å². The summed E-state index contributed by atoms with van der Waals surface area (Å²) in [5.74, 6) is -0.176. The lowest BCUT2D eigenvalue weighted by Gasteiger charge is -2.12. The average molecular weight is 344 g/mol. The number of benzene rings is 1. The summed E-state index contributed by atoms with van der Waals surface area (Å²) in [6, 6.07) is 2.90. The van der Waals surface area contributed by atoms with Crippen molar-refractivity contribution in [2.45, 2.75) is 6.61 Å². The van der Waals surface area contributed by atoms with E-state index in [1.54, 1.807) is 11.7 Å². The van der Waals surface area contributed by atoms with Gasteiger partial charge in [0.25, 0.3) is 0 Å². The van der Waals surface area contributed by atoms with Crippen molar-refractivity contribution in [1.29, 1.82) is 0 Å². The molecule has 100 valence electrons. The fourth-order valence-electron chi connectivity index (χ4n) is 1.44. The summed E-state index contributed by atoms with van der Waals surface area (Å²) < 4.78 is 11.3. The number of hydrogen-bond donors (Lipinski definition) is 1. The average Bonchev–Trinajstić information content (AvgIpc) is 2.89.